The summed E-state index contributed by atoms with van der Waals surface area (Å²) in [5, 5.41) is 3.38. The maximum Gasteiger partial charge on any atom is 0.137 e. The van der Waals surface area contributed by atoms with E-state index in [0.29, 0.717) is 5.54 Å². The molecule has 0 aromatic carbocycles. The summed E-state index contributed by atoms with van der Waals surface area (Å²) in [4.78, 5) is 4.24. The van der Waals surface area contributed by atoms with E-state index in [2.05, 4.69) is 17.2 Å². The molecular formula is C10H14N2O. The van der Waals surface area contributed by atoms with E-state index in [4.69, 9.17) is 4.74 Å². The van der Waals surface area contributed by atoms with Gasteiger partial charge in [-0.05, 0) is 31.9 Å². The van der Waals surface area contributed by atoms with Crippen LogP contribution in [0.4, 0.5) is 5.82 Å². The van der Waals surface area contributed by atoms with Crippen molar-refractivity contribution in [3.63, 3.8) is 0 Å². The van der Waals surface area contributed by atoms with Crippen molar-refractivity contribution < 1.29 is 4.74 Å². The van der Waals surface area contributed by atoms with Crippen LogP contribution in [0.1, 0.15) is 19.8 Å². The Balaban J connectivity index is 2.05. The fourth-order valence-corrected chi connectivity index (χ4v) is 1.20. The van der Waals surface area contributed by atoms with Crippen LogP contribution in [0.2, 0.25) is 0 Å². The molecule has 1 aliphatic carbocycles. The van der Waals surface area contributed by atoms with E-state index in [0.717, 1.165) is 11.6 Å². The number of ether oxygens (including phenoxy) is 1. The lowest BCUT2D eigenvalue weighted by Crippen LogP contribution is -2.16. The van der Waals surface area contributed by atoms with Gasteiger partial charge in [-0.15, -0.1) is 0 Å². The Labute approximate surface area is 78.1 Å². The predicted molar refractivity (Wildman–Crippen MR) is 52.1 cm³/mol. The zero-order chi connectivity index (χ0) is 9.31. The van der Waals surface area contributed by atoms with E-state index in [1.54, 1.807) is 13.3 Å². The van der Waals surface area contributed by atoms with Gasteiger partial charge in [0.25, 0.3) is 0 Å². The van der Waals surface area contributed by atoms with Crippen molar-refractivity contribution in [1.82, 2.24) is 4.98 Å². The van der Waals surface area contributed by atoms with Crippen molar-refractivity contribution in [2.24, 2.45) is 0 Å². The number of pyridine rings is 1. The van der Waals surface area contributed by atoms with Gasteiger partial charge in [-0.1, -0.05) is 0 Å². The predicted octanol–water partition coefficient (Wildman–Crippen LogP) is 2.05. The quantitative estimate of drug-likeness (QED) is 0.769. The van der Waals surface area contributed by atoms with E-state index in [-0.39, 0.29) is 0 Å². The van der Waals surface area contributed by atoms with Gasteiger partial charge in [0, 0.05) is 5.54 Å². The molecule has 3 heteroatoms. The molecule has 1 aliphatic rings. The lowest BCUT2D eigenvalue weighted by Gasteiger charge is -2.11. The molecule has 1 saturated carbocycles. The summed E-state index contributed by atoms with van der Waals surface area (Å²) < 4.78 is 5.02. The molecule has 0 unspecified atom stereocenters. The molecule has 3 nitrogen and oxygen atoms in total. The highest BCUT2D eigenvalue weighted by molar-refractivity contribution is 5.41. The van der Waals surface area contributed by atoms with Gasteiger partial charge in [0.15, 0.2) is 0 Å². The number of methoxy groups -OCH3 is 1. The molecule has 0 aliphatic heterocycles. The van der Waals surface area contributed by atoms with Gasteiger partial charge in [0.05, 0.1) is 13.3 Å². The Kier molecular flexibility index (Phi) is 1.87. The van der Waals surface area contributed by atoms with Gasteiger partial charge in [0.1, 0.15) is 11.6 Å². The van der Waals surface area contributed by atoms with Crippen LogP contribution in [-0.2, 0) is 0 Å². The first-order chi connectivity index (χ1) is 6.22. The highest BCUT2D eigenvalue weighted by atomic mass is 16.5. The summed E-state index contributed by atoms with van der Waals surface area (Å²) in [5.41, 5.74) is 0.293. The molecule has 1 aromatic heterocycles. The SMILES string of the molecule is COc1ccc(NC2(C)CC2)nc1. The van der Waals surface area contributed by atoms with Crippen LogP contribution in [0, 0.1) is 0 Å². The number of aromatic nitrogens is 1. The summed E-state index contributed by atoms with van der Waals surface area (Å²) >= 11 is 0. The van der Waals surface area contributed by atoms with Gasteiger partial charge < -0.3 is 10.1 Å². The zero-order valence-corrected chi connectivity index (χ0v) is 8.00. The van der Waals surface area contributed by atoms with Crippen LogP contribution in [-0.4, -0.2) is 17.6 Å². The second kappa shape index (κ2) is 2.91. The van der Waals surface area contributed by atoms with Crippen LogP contribution >= 0.6 is 0 Å². The zero-order valence-electron chi connectivity index (χ0n) is 8.00. The van der Waals surface area contributed by atoms with Gasteiger partial charge in [-0.3, -0.25) is 0 Å². The Morgan fingerprint density at radius 1 is 1.46 bits per heavy atom. The summed E-state index contributed by atoms with van der Waals surface area (Å²) in [6.45, 7) is 2.21. The first-order valence-corrected chi connectivity index (χ1v) is 4.50. The number of rotatable bonds is 3. The molecule has 0 saturated heterocycles. The third-order valence-electron chi connectivity index (χ3n) is 2.40. The molecule has 13 heavy (non-hydrogen) atoms. The second-order valence-corrected chi connectivity index (χ2v) is 3.77. The Morgan fingerprint density at radius 2 is 2.23 bits per heavy atom. The molecular weight excluding hydrogens is 164 g/mol. The highest BCUT2D eigenvalue weighted by Crippen LogP contribution is 2.37. The fraction of sp³-hybridized carbons (Fsp3) is 0.500. The monoisotopic (exact) mass is 178 g/mol. The van der Waals surface area contributed by atoms with Crippen LogP contribution in [0.25, 0.3) is 0 Å². The van der Waals surface area contributed by atoms with Gasteiger partial charge in [0.2, 0.25) is 0 Å². The van der Waals surface area contributed by atoms with Crippen LogP contribution in [0.15, 0.2) is 18.3 Å². The normalized spacial score (nSPS) is 18.0. The van der Waals surface area contributed by atoms with Crippen LogP contribution in [0.3, 0.4) is 0 Å². The first-order valence-electron chi connectivity index (χ1n) is 4.50. The molecule has 1 heterocycles. The van der Waals surface area contributed by atoms with E-state index < -0.39 is 0 Å². The van der Waals surface area contributed by atoms with Crippen molar-refractivity contribution >= 4 is 5.82 Å². The highest BCUT2D eigenvalue weighted by Gasteiger charge is 2.37. The number of anilines is 1. The van der Waals surface area contributed by atoms with Crippen molar-refractivity contribution in [3.05, 3.63) is 18.3 Å². The average Bonchev–Trinajstić information content (AvgIpc) is 2.85. The van der Waals surface area contributed by atoms with E-state index in [9.17, 15) is 0 Å². The third-order valence-corrected chi connectivity index (χ3v) is 2.40. The minimum Gasteiger partial charge on any atom is -0.495 e. The molecule has 1 aromatic rings. The number of hydrogen-bond donors (Lipinski definition) is 1. The first kappa shape index (κ1) is 8.35. The molecule has 0 amide bonds. The van der Waals surface area contributed by atoms with Gasteiger partial charge in [-0.25, -0.2) is 4.98 Å². The maximum absolute atomic E-state index is 5.02. The third kappa shape index (κ3) is 1.91. The maximum atomic E-state index is 5.02. The van der Waals surface area contributed by atoms with Crippen LogP contribution < -0.4 is 10.1 Å². The van der Waals surface area contributed by atoms with Gasteiger partial charge in [-0.2, -0.15) is 0 Å². The van der Waals surface area contributed by atoms with E-state index in [1.807, 2.05) is 12.1 Å². The van der Waals surface area contributed by atoms with Gasteiger partial charge >= 0.3 is 0 Å². The average molecular weight is 178 g/mol. The van der Waals surface area contributed by atoms with Crippen molar-refractivity contribution in [2.75, 3.05) is 12.4 Å². The summed E-state index contributed by atoms with van der Waals surface area (Å²) in [5.74, 6) is 1.73. The summed E-state index contributed by atoms with van der Waals surface area (Å²) in [6, 6.07) is 3.86. The van der Waals surface area contributed by atoms with Crippen molar-refractivity contribution in [1.29, 1.82) is 0 Å². The van der Waals surface area contributed by atoms with Crippen LogP contribution in [0.5, 0.6) is 5.75 Å². The van der Waals surface area contributed by atoms with Crippen molar-refractivity contribution in [3.8, 4) is 5.75 Å². The van der Waals surface area contributed by atoms with E-state index in [1.165, 1.54) is 12.8 Å². The van der Waals surface area contributed by atoms with E-state index >= 15 is 0 Å². The number of hydrogen-bond acceptors (Lipinski definition) is 3. The minimum atomic E-state index is 0.293. The largest absolute Gasteiger partial charge is 0.495 e. The molecule has 1 N–H and O–H groups in total. The Morgan fingerprint density at radius 3 is 2.69 bits per heavy atom. The molecule has 0 radical (unpaired) electrons. The lowest BCUT2D eigenvalue weighted by atomic mass is 10.3. The lowest BCUT2D eigenvalue weighted by molar-refractivity contribution is 0.413. The molecule has 0 bridgehead atoms. The Hall–Kier alpha value is -1.25. The number of nitrogens with zero attached hydrogens (tertiary/aromatic N) is 1. The molecule has 70 valence electrons. The molecule has 1 fully saturated rings. The Bertz CT molecular complexity index is 290. The summed E-state index contributed by atoms with van der Waals surface area (Å²) in [6.07, 6.45) is 4.20. The second-order valence-electron chi connectivity index (χ2n) is 3.77. The topological polar surface area (TPSA) is 34.1 Å². The smallest absolute Gasteiger partial charge is 0.137 e. The molecule has 0 atom stereocenters. The summed E-state index contributed by atoms with van der Waals surface area (Å²) in [7, 11) is 1.65. The molecule has 2 rings (SSSR count). The minimum absolute atomic E-state index is 0.293. The van der Waals surface area contributed by atoms with Crippen molar-refractivity contribution in [2.45, 2.75) is 25.3 Å². The standard InChI is InChI=1S/C10H14N2O/c1-10(5-6-10)12-9-4-3-8(13-2)7-11-9/h3-4,7H,5-6H2,1-2H3,(H,11,12). The number of nitrogens with one attached hydrogen (secondary N) is 1. The molecule has 0 spiro atoms. The fourth-order valence-electron chi connectivity index (χ4n) is 1.20.